The highest BCUT2D eigenvalue weighted by atomic mass is 32.2. The van der Waals surface area contributed by atoms with E-state index in [1.54, 1.807) is 0 Å². The van der Waals surface area contributed by atoms with Gasteiger partial charge in [0, 0.05) is 36.5 Å². The van der Waals surface area contributed by atoms with Gasteiger partial charge in [0.05, 0.1) is 10.4 Å². The number of para-hydroxylation sites is 1. The lowest BCUT2D eigenvalue weighted by Crippen LogP contribution is -2.27. The van der Waals surface area contributed by atoms with Crippen molar-refractivity contribution in [2.45, 2.75) is 33.1 Å². The van der Waals surface area contributed by atoms with E-state index in [0.717, 1.165) is 13.1 Å². The molecule has 0 bridgehead atoms. The van der Waals surface area contributed by atoms with Gasteiger partial charge in [0.15, 0.2) is 5.71 Å². The van der Waals surface area contributed by atoms with Crippen LogP contribution in [-0.4, -0.2) is 40.6 Å². The molecule has 2 nitrogen and oxygen atoms in total. The van der Waals surface area contributed by atoms with Crippen molar-refractivity contribution in [1.29, 1.82) is 0 Å². The minimum Gasteiger partial charge on any atom is -0.366 e. The molecule has 0 spiro atoms. The number of hydrogen-bond donors (Lipinski definition) is 0. The SMILES string of the molecule is CCN1CCS/C1=C\C=C\C1=[N+](CC)c2ccccc2C1(C)C. The molecular weight excluding hydrogens is 300 g/mol. The number of allylic oxidation sites excluding steroid dienone is 3. The summed E-state index contributed by atoms with van der Waals surface area (Å²) in [5, 5.41) is 1.40. The molecule has 3 rings (SSSR count). The molecule has 2 aliphatic rings. The van der Waals surface area contributed by atoms with Crippen LogP contribution in [-0.2, 0) is 5.41 Å². The van der Waals surface area contributed by atoms with Crippen molar-refractivity contribution in [3.05, 3.63) is 53.1 Å². The molecule has 0 amide bonds. The van der Waals surface area contributed by atoms with Gasteiger partial charge in [-0.25, -0.2) is 0 Å². The summed E-state index contributed by atoms with van der Waals surface area (Å²) in [6.45, 7) is 12.4. The molecule has 0 atom stereocenters. The fourth-order valence-corrected chi connectivity index (χ4v) is 4.73. The zero-order chi connectivity index (χ0) is 16.4. The Bertz CT molecular complexity index is 683. The fraction of sp³-hybridized carbons (Fsp3) is 0.450. The lowest BCUT2D eigenvalue weighted by Gasteiger charge is -2.16. The van der Waals surface area contributed by atoms with Crippen LogP contribution in [0.3, 0.4) is 0 Å². The number of rotatable bonds is 4. The summed E-state index contributed by atoms with van der Waals surface area (Å²) in [6.07, 6.45) is 6.83. The average Bonchev–Trinajstić information content (AvgIpc) is 3.09. The molecule has 0 aromatic heterocycles. The summed E-state index contributed by atoms with van der Waals surface area (Å²) in [4.78, 5) is 2.45. The second-order valence-electron chi connectivity index (χ2n) is 6.56. The van der Waals surface area contributed by atoms with E-state index in [1.165, 1.54) is 34.3 Å². The molecule has 0 radical (unpaired) electrons. The first-order valence-electron chi connectivity index (χ1n) is 8.60. The van der Waals surface area contributed by atoms with Gasteiger partial charge in [-0.1, -0.05) is 24.3 Å². The van der Waals surface area contributed by atoms with Crippen LogP contribution >= 0.6 is 11.8 Å². The van der Waals surface area contributed by atoms with Gasteiger partial charge < -0.3 is 4.90 Å². The Morgan fingerprint density at radius 1 is 1.26 bits per heavy atom. The number of nitrogens with zero attached hydrogens (tertiary/aromatic N) is 2. The zero-order valence-electron chi connectivity index (χ0n) is 14.7. The highest BCUT2D eigenvalue weighted by molar-refractivity contribution is 8.03. The lowest BCUT2D eigenvalue weighted by molar-refractivity contribution is -0.433. The molecule has 0 saturated carbocycles. The summed E-state index contributed by atoms with van der Waals surface area (Å²) in [6, 6.07) is 8.80. The number of benzene rings is 1. The second-order valence-corrected chi connectivity index (χ2v) is 7.68. The molecule has 2 aliphatic heterocycles. The molecule has 0 aliphatic carbocycles. The van der Waals surface area contributed by atoms with Crippen molar-refractivity contribution in [1.82, 2.24) is 4.90 Å². The Kier molecular flexibility index (Phi) is 4.67. The molecule has 1 fully saturated rings. The summed E-state index contributed by atoms with van der Waals surface area (Å²) in [5.41, 5.74) is 4.25. The lowest BCUT2D eigenvalue weighted by atomic mass is 9.81. The fourth-order valence-electron chi connectivity index (χ4n) is 3.63. The van der Waals surface area contributed by atoms with Gasteiger partial charge in [-0.2, -0.15) is 4.58 Å². The first-order chi connectivity index (χ1) is 11.1. The van der Waals surface area contributed by atoms with Crippen LogP contribution in [0.1, 0.15) is 33.3 Å². The molecule has 3 heteroatoms. The largest absolute Gasteiger partial charge is 0.366 e. The van der Waals surface area contributed by atoms with Crippen LogP contribution in [0.25, 0.3) is 0 Å². The van der Waals surface area contributed by atoms with Crippen LogP contribution in [0.15, 0.2) is 47.5 Å². The van der Waals surface area contributed by atoms with E-state index in [0.29, 0.717) is 0 Å². The van der Waals surface area contributed by atoms with Gasteiger partial charge in [-0.05, 0) is 33.8 Å². The molecule has 122 valence electrons. The number of hydrogen-bond acceptors (Lipinski definition) is 2. The second kappa shape index (κ2) is 6.56. The predicted molar refractivity (Wildman–Crippen MR) is 102 cm³/mol. The molecule has 2 heterocycles. The van der Waals surface area contributed by atoms with Crippen molar-refractivity contribution < 1.29 is 4.58 Å². The van der Waals surface area contributed by atoms with E-state index in [2.05, 4.69) is 79.7 Å². The minimum atomic E-state index is 0.0644. The maximum Gasteiger partial charge on any atom is 0.209 e. The van der Waals surface area contributed by atoms with E-state index < -0.39 is 0 Å². The maximum atomic E-state index is 2.45. The van der Waals surface area contributed by atoms with Gasteiger partial charge >= 0.3 is 0 Å². The van der Waals surface area contributed by atoms with Crippen molar-refractivity contribution >= 4 is 23.2 Å². The summed E-state index contributed by atoms with van der Waals surface area (Å²) in [5.74, 6) is 1.21. The normalized spacial score (nSPS) is 21.7. The smallest absolute Gasteiger partial charge is 0.209 e. The van der Waals surface area contributed by atoms with Crippen LogP contribution < -0.4 is 0 Å². The Balaban J connectivity index is 1.93. The number of thioether (sulfide) groups is 1. The monoisotopic (exact) mass is 327 g/mol. The standard InChI is InChI=1S/C20H27N2S/c1-5-21-14-15-23-19(21)13-9-12-18-20(3,4)16-10-7-8-11-17(16)22(18)6-2/h7-13H,5-6,14-15H2,1-4H3/q+1. The predicted octanol–water partition coefficient (Wildman–Crippen LogP) is 4.55. The topological polar surface area (TPSA) is 6.25 Å². The van der Waals surface area contributed by atoms with E-state index >= 15 is 0 Å². The van der Waals surface area contributed by atoms with Crippen molar-refractivity contribution in [3.8, 4) is 0 Å². The van der Waals surface area contributed by atoms with Gasteiger partial charge in [0.1, 0.15) is 6.54 Å². The minimum absolute atomic E-state index is 0.0644. The van der Waals surface area contributed by atoms with Crippen LogP contribution in [0.4, 0.5) is 5.69 Å². The van der Waals surface area contributed by atoms with Crippen LogP contribution in [0.2, 0.25) is 0 Å². The third kappa shape index (κ3) is 2.87. The Morgan fingerprint density at radius 3 is 2.78 bits per heavy atom. The van der Waals surface area contributed by atoms with Gasteiger partial charge in [0.2, 0.25) is 5.69 Å². The van der Waals surface area contributed by atoms with Crippen LogP contribution in [0.5, 0.6) is 0 Å². The van der Waals surface area contributed by atoms with E-state index in [9.17, 15) is 0 Å². The molecule has 0 N–H and O–H groups in total. The molecule has 1 aromatic carbocycles. The Morgan fingerprint density at radius 2 is 2.04 bits per heavy atom. The third-order valence-electron chi connectivity index (χ3n) is 4.91. The first-order valence-corrected chi connectivity index (χ1v) is 9.58. The number of fused-ring (bicyclic) bond motifs is 1. The Labute approximate surface area is 144 Å². The molecule has 1 saturated heterocycles. The van der Waals surface area contributed by atoms with E-state index in [1.807, 2.05) is 11.8 Å². The van der Waals surface area contributed by atoms with Crippen LogP contribution in [0, 0.1) is 0 Å². The van der Waals surface area contributed by atoms with Gasteiger partial charge in [-0.3, -0.25) is 0 Å². The first kappa shape index (κ1) is 16.4. The van der Waals surface area contributed by atoms with Crippen molar-refractivity contribution in [2.75, 3.05) is 25.4 Å². The van der Waals surface area contributed by atoms with Gasteiger partial charge in [0.25, 0.3) is 0 Å². The summed E-state index contributed by atoms with van der Waals surface area (Å²) >= 11 is 1.96. The Hall–Kier alpha value is -1.48. The van der Waals surface area contributed by atoms with Crippen molar-refractivity contribution in [2.24, 2.45) is 0 Å². The average molecular weight is 328 g/mol. The summed E-state index contributed by atoms with van der Waals surface area (Å²) < 4.78 is 2.45. The van der Waals surface area contributed by atoms with Gasteiger partial charge in [-0.15, -0.1) is 11.8 Å². The quantitative estimate of drug-likeness (QED) is 0.749. The highest BCUT2D eigenvalue weighted by Gasteiger charge is 2.43. The molecule has 23 heavy (non-hydrogen) atoms. The van der Waals surface area contributed by atoms with Crippen molar-refractivity contribution in [3.63, 3.8) is 0 Å². The van der Waals surface area contributed by atoms with E-state index in [-0.39, 0.29) is 5.41 Å². The maximum absolute atomic E-state index is 2.45. The molecule has 1 aromatic rings. The summed E-state index contributed by atoms with van der Waals surface area (Å²) in [7, 11) is 0. The zero-order valence-corrected chi connectivity index (χ0v) is 15.5. The third-order valence-corrected chi connectivity index (χ3v) is 5.99. The molecular formula is C20H27N2S+. The molecule has 0 unspecified atom stereocenters. The van der Waals surface area contributed by atoms with E-state index in [4.69, 9.17) is 0 Å². The highest BCUT2D eigenvalue weighted by Crippen LogP contribution is 2.39.